The molecule has 0 bridgehead atoms. The topological polar surface area (TPSA) is 60.2 Å². The number of nitro benzene ring substituents is 1. The molecular weight excluding hydrogens is 311 g/mol. The van der Waals surface area contributed by atoms with E-state index < -0.39 is 16.7 Å². The van der Waals surface area contributed by atoms with E-state index in [2.05, 4.69) is 11.8 Å². The SMILES string of the molecule is O=Cc1ccc(C#Cc2ccc(C(F)(F)F)cc2)c([N+](=O)[O-])c1. The van der Waals surface area contributed by atoms with Crippen molar-refractivity contribution in [1.29, 1.82) is 0 Å². The summed E-state index contributed by atoms with van der Waals surface area (Å²) in [6, 6.07) is 7.91. The third-order valence-electron chi connectivity index (χ3n) is 2.91. The molecule has 2 aromatic rings. The van der Waals surface area contributed by atoms with Crippen molar-refractivity contribution < 1.29 is 22.9 Å². The number of aldehydes is 1. The zero-order chi connectivity index (χ0) is 17.0. The number of nitro groups is 1. The minimum atomic E-state index is -4.44. The van der Waals surface area contributed by atoms with E-state index in [-0.39, 0.29) is 22.4 Å². The van der Waals surface area contributed by atoms with Crippen molar-refractivity contribution in [3.63, 3.8) is 0 Å². The molecule has 116 valence electrons. The maximum Gasteiger partial charge on any atom is 0.416 e. The number of hydrogen-bond donors (Lipinski definition) is 0. The van der Waals surface area contributed by atoms with Crippen LogP contribution < -0.4 is 0 Å². The van der Waals surface area contributed by atoms with Gasteiger partial charge in [-0.3, -0.25) is 14.9 Å². The molecule has 4 nitrogen and oxygen atoms in total. The van der Waals surface area contributed by atoms with E-state index in [0.29, 0.717) is 6.29 Å². The van der Waals surface area contributed by atoms with Crippen molar-refractivity contribution in [2.24, 2.45) is 0 Å². The van der Waals surface area contributed by atoms with E-state index in [1.807, 2.05) is 0 Å². The summed E-state index contributed by atoms with van der Waals surface area (Å²) in [6.07, 6.45) is -3.96. The van der Waals surface area contributed by atoms with E-state index in [4.69, 9.17) is 0 Å². The lowest BCUT2D eigenvalue weighted by atomic mass is 10.1. The predicted octanol–water partition coefficient (Wildman–Crippen LogP) is 3.83. The number of carbonyl (C=O) groups excluding carboxylic acids is 1. The summed E-state index contributed by atoms with van der Waals surface area (Å²) < 4.78 is 37.3. The second kappa shape index (κ2) is 6.32. The molecule has 0 atom stereocenters. The molecule has 0 fully saturated rings. The molecule has 0 spiro atoms. The molecule has 0 N–H and O–H groups in total. The fraction of sp³-hybridized carbons (Fsp3) is 0.0625. The number of benzene rings is 2. The molecule has 0 amide bonds. The first-order chi connectivity index (χ1) is 10.8. The Bertz CT molecular complexity index is 815. The Labute approximate surface area is 128 Å². The molecule has 23 heavy (non-hydrogen) atoms. The third kappa shape index (κ3) is 3.95. The predicted molar refractivity (Wildman–Crippen MR) is 75.9 cm³/mol. The fourth-order valence-corrected chi connectivity index (χ4v) is 1.76. The molecule has 7 heteroatoms. The Hall–Kier alpha value is -3.14. The van der Waals surface area contributed by atoms with Crippen molar-refractivity contribution in [2.45, 2.75) is 6.18 Å². The minimum Gasteiger partial charge on any atom is -0.298 e. The summed E-state index contributed by atoms with van der Waals surface area (Å²) in [4.78, 5) is 20.9. The molecule has 0 aliphatic heterocycles. The summed E-state index contributed by atoms with van der Waals surface area (Å²) in [5.74, 6) is 5.09. The van der Waals surface area contributed by atoms with Gasteiger partial charge in [0.05, 0.1) is 10.5 Å². The number of hydrogen-bond acceptors (Lipinski definition) is 3. The Kier molecular flexibility index (Phi) is 4.46. The molecule has 0 aliphatic rings. The zero-order valence-electron chi connectivity index (χ0n) is 11.4. The van der Waals surface area contributed by atoms with Crippen LogP contribution in [0.1, 0.15) is 27.0 Å². The zero-order valence-corrected chi connectivity index (χ0v) is 11.4. The highest BCUT2D eigenvalue weighted by Gasteiger charge is 2.29. The molecule has 0 saturated heterocycles. The number of alkyl halides is 3. The lowest BCUT2D eigenvalue weighted by Crippen LogP contribution is -2.04. The molecule has 2 aromatic carbocycles. The van der Waals surface area contributed by atoms with Gasteiger partial charge < -0.3 is 0 Å². The van der Waals surface area contributed by atoms with Gasteiger partial charge in [0.15, 0.2) is 0 Å². The summed E-state index contributed by atoms with van der Waals surface area (Å²) >= 11 is 0. The highest BCUT2D eigenvalue weighted by atomic mass is 19.4. The van der Waals surface area contributed by atoms with Crippen LogP contribution in [0, 0.1) is 22.0 Å². The monoisotopic (exact) mass is 319 g/mol. The largest absolute Gasteiger partial charge is 0.416 e. The van der Waals surface area contributed by atoms with Gasteiger partial charge in [0.1, 0.15) is 11.8 Å². The Morgan fingerprint density at radius 2 is 1.70 bits per heavy atom. The normalized spacial score (nSPS) is 10.6. The van der Waals surface area contributed by atoms with Crippen molar-refractivity contribution in [3.05, 3.63) is 74.8 Å². The van der Waals surface area contributed by atoms with Crippen LogP contribution in [0.4, 0.5) is 18.9 Å². The van der Waals surface area contributed by atoms with Crippen LogP contribution >= 0.6 is 0 Å². The summed E-state index contributed by atoms with van der Waals surface area (Å²) in [6.45, 7) is 0. The number of rotatable bonds is 2. The van der Waals surface area contributed by atoms with Crippen molar-refractivity contribution >= 4 is 12.0 Å². The van der Waals surface area contributed by atoms with E-state index in [1.165, 1.54) is 24.3 Å². The van der Waals surface area contributed by atoms with Gasteiger partial charge in [0, 0.05) is 17.2 Å². The molecule has 0 heterocycles. The first-order valence-corrected chi connectivity index (χ1v) is 6.24. The highest BCUT2D eigenvalue weighted by molar-refractivity contribution is 5.77. The van der Waals surface area contributed by atoms with Crippen molar-refractivity contribution in [1.82, 2.24) is 0 Å². The molecule has 2 rings (SSSR count). The van der Waals surface area contributed by atoms with E-state index >= 15 is 0 Å². The first kappa shape index (κ1) is 16.2. The lowest BCUT2D eigenvalue weighted by Gasteiger charge is -2.05. The van der Waals surface area contributed by atoms with Gasteiger partial charge in [0.2, 0.25) is 0 Å². The van der Waals surface area contributed by atoms with E-state index in [1.54, 1.807) is 0 Å². The highest BCUT2D eigenvalue weighted by Crippen LogP contribution is 2.29. The number of halogens is 3. The van der Waals surface area contributed by atoms with Gasteiger partial charge in [-0.05, 0) is 36.4 Å². The molecule has 0 aliphatic carbocycles. The van der Waals surface area contributed by atoms with Crippen LogP contribution in [0.3, 0.4) is 0 Å². The van der Waals surface area contributed by atoms with Crippen LogP contribution in [0.5, 0.6) is 0 Å². The Balaban J connectivity index is 2.35. The van der Waals surface area contributed by atoms with E-state index in [0.717, 1.165) is 18.2 Å². The number of carbonyl (C=O) groups is 1. The van der Waals surface area contributed by atoms with Gasteiger partial charge in [-0.25, -0.2) is 0 Å². The fourth-order valence-electron chi connectivity index (χ4n) is 1.76. The second-order valence-corrected chi connectivity index (χ2v) is 4.48. The maximum atomic E-state index is 12.4. The lowest BCUT2D eigenvalue weighted by molar-refractivity contribution is -0.385. The molecule has 0 saturated carbocycles. The third-order valence-corrected chi connectivity index (χ3v) is 2.91. The summed E-state index contributed by atoms with van der Waals surface area (Å²) in [5.41, 5.74) is -0.651. The van der Waals surface area contributed by atoms with Gasteiger partial charge in [-0.15, -0.1) is 0 Å². The number of nitrogens with zero attached hydrogens (tertiary/aromatic N) is 1. The van der Waals surface area contributed by atoms with Crippen LogP contribution in [-0.2, 0) is 6.18 Å². The maximum absolute atomic E-state index is 12.4. The van der Waals surface area contributed by atoms with Gasteiger partial charge in [-0.2, -0.15) is 13.2 Å². The van der Waals surface area contributed by atoms with Crippen LogP contribution in [0.2, 0.25) is 0 Å². The van der Waals surface area contributed by atoms with Gasteiger partial charge in [-0.1, -0.05) is 11.8 Å². The van der Waals surface area contributed by atoms with Gasteiger partial charge >= 0.3 is 6.18 Å². The van der Waals surface area contributed by atoms with Crippen molar-refractivity contribution in [2.75, 3.05) is 0 Å². The first-order valence-electron chi connectivity index (χ1n) is 6.24. The molecular formula is C16H8F3NO3. The van der Waals surface area contributed by atoms with Crippen LogP contribution in [0.25, 0.3) is 0 Å². The minimum absolute atomic E-state index is 0.0699. The average molecular weight is 319 g/mol. The quantitative estimate of drug-likeness (QED) is 0.366. The van der Waals surface area contributed by atoms with Crippen LogP contribution in [-0.4, -0.2) is 11.2 Å². The summed E-state index contributed by atoms with van der Waals surface area (Å²) in [5, 5.41) is 11.0. The second-order valence-electron chi connectivity index (χ2n) is 4.48. The van der Waals surface area contributed by atoms with E-state index in [9.17, 15) is 28.1 Å². The average Bonchev–Trinajstić information content (AvgIpc) is 2.52. The van der Waals surface area contributed by atoms with Crippen LogP contribution in [0.15, 0.2) is 42.5 Å². The Morgan fingerprint density at radius 1 is 1.04 bits per heavy atom. The van der Waals surface area contributed by atoms with Gasteiger partial charge in [0.25, 0.3) is 5.69 Å². The van der Waals surface area contributed by atoms with Crippen molar-refractivity contribution in [3.8, 4) is 11.8 Å². The molecule has 0 unspecified atom stereocenters. The Morgan fingerprint density at radius 3 is 2.22 bits per heavy atom. The molecule has 0 radical (unpaired) electrons. The molecule has 0 aromatic heterocycles. The smallest absolute Gasteiger partial charge is 0.298 e. The standard InChI is InChI=1S/C16H8F3NO3/c17-16(18,19)14-7-3-11(4-8-14)1-5-13-6-2-12(10-21)9-15(13)20(22)23/h2-4,6-10H. The summed E-state index contributed by atoms with van der Waals surface area (Å²) in [7, 11) is 0.